The molecule has 1 aromatic rings. The summed E-state index contributed by atoms with van der Waals surface area (Å²) in [5.41, 5.74) is 1.23. The lowest BCUT2D eigenvalue weighted by molar-refractivity contribution is 0.0839. The van der Waals surface area contributed by atoms with E-state index in [1.165, 1.54) is 5.56 Å². The van der Waals surface area contributed by atoms with Crippen LogP contribution in [0.5, 0.6) is 0 Å². The molecule has 0 aliphatic carbocycles. The molecule has 2 nitrogen and oxygen atoms in total. The maximum Gasteiger partial charge on any atom is 0.166 e. The second-order valence-corrected chi connectivity index (χ2v) is 5.07. The fourth-order valence-electron chi connectivity index (χ4n) is 2.09. The quantitative estimate of drug-likeness (QED) is 0.610. The Morgan fingerprint density at radius 3 is 2.44 bits per heavy atom. The Labute approximate surface area is 111 Å². The minimum atomic E-state index is -0.896. The van der Waals surface area contributed by atoms with E-state index in [4.69, 9.17) is 0 Å². The van der Waals surface area contributed by atoms with Gasteiger partial charge in [-0.05, 0) is 5.56 Å². The molecule has 1 aliphatic rings. The van der Waals surface area contributed by atoms with Gasteiger partial charge in [-0.25, -0.2) is 4.39 Å². The molecule has 0 N–H and O–H groups in total. The zero-order chi connectivity index (χ0) is 12.8. The van der Waals surface area contributed by atoms with Gasteiger partial charge in [0.15, 0.2) is 6.04 Å². The lowest BCUT2D eigenvalue weighted by Crippen LogP contribution is -2.47. The van der Waals surface area contributed by atoms with Crippen molar-refractivity contribution >= 4 is 15.3 Å². The molecule has 0 radical (unpaired) electrons. The predicted octanol–water partition coefficient (Wildman–Crippen LogP) is 2.45. The van der Waals surface area contributed by atoms with Crippen molar-refractivity contribution in [1.82, 2.24) is 9.80 Å². The topological polar surface area (TPSA) is 6.48 Å². The average molecular weight is 266 g/mol. The summed E-state index contributed by atoms with van der Waals surface area (Å²) in [6.07, 6.45) is 4.32. The number of hydrogen-bond acceptors (Lipinski definition) is 2. The average Bonchev–Trinajstić information content (AvgIpc) is 2.40. The van der Waals surface area contributed by atoms with Crippen LogP contribution in [0.1, 0.15) is 5.56 Å². The molecule has 0 bridgehead atoms. The van der Waals surface area contributed by atoms with Crippen molar-refractivity contribution in [3.05, 3.63) is 42.0 Å². The van der Waals surface area contributed by atoms with Crippen LogP contribution in [0.15, 0.2) is 36.4 Å². The molecule has 2 rings (SSSR count). The SMILES string of the molecule is FC(P)N1CCN(C/C=C/c2ccccc2)CC1. The second-order valence-electron chi connectivity index (χ2n) is 4.52. The Balaban J connectivity index is 1.74. The summed E-state index contributed by atoms with van der Waals surface area (Å²) in [7, 11) is 2.22. The van der Waals surface area contributed by atoms with Gasteiger partial charge >= 0.3 is 0 Å². The fraction of sp³-hybridized carbons (Fsp3) is 0.429. The van der Waals surface area contributed by atoms with Crippen LogP contribution in [0, 0.1) is 0 Å². The number of alkyl halides is 1. The van der Waals surface area contributed by atoms with Gasteiger partial charge in [-0.15, -0.1) is 0 Å². The van der Waals surface area contributed by atoms with Gasteiger partial charge in [-0.3, -0.25) is 9.80 Å². The summed E-state index contributed by atoms with van der Waals surface area (Å²) in [4.78, 5) is 4.20. The Bertz CT molecular complexity index is 373. The van der Waals surface area contributed by atoms with Gasteiger partial charge < -0.3 is 0 Å². The van der Waals surface area contributed by atoms with Crippen molar-refractivity contribution in [2.24, 2.45) is 0 Å². The highest BCUT2D eigenvalue weighted by Gasteiger charge is 2.19. The van der Waals surface area contributed by atoms with Crippen molar-refractivity contribution < 1.29 is 4.39 Å². The first kappa shape index (κ1) is 13.7. The Morgan fingerprint density at radius 2 is 1.83 bits per heavy atom. The lowest BCUT2D eigenvalue weighted by Gasteiger charge is -2.34. The third kappa shape index (κ3) is 4.16. The maximum atomic E-state index is 13.0. The molecule has 2 atom stereocenters. The van der Waals surface area contributed by atoms with Crippen molar-refractivity contribution in [1.29, 1.82) is 0 Å². The van der Waals surface area contributed by atoms with Gasteiger partial charge in [0.2, 0.25) is 0 Å². The molecule has 1 heterocycles. The molecule has 0 saturated carbocycles. The molecule has 4 heteroatoms. The van der Waals surface area contributed by atoms with Gasteiger partial charge in [0, 0.05) is 32.7 Å². The van der Waals surface area contributed by atoms with Gasteiger partial charge in [-0.1, -0.05) is 51.7 Å². The van der Waals surface area contributed by atoms with Crippen LogP contribution in [0.3, 0.4) is 0 Å². The fourth-order valence-corrected chi connectivity index (χ4v) is 2.39. The standard InChI is InChI=1S/C14H20FN2P/c15-14(18)17-11-9-16(10-12-17)8-4-7-13-5-2-1-3-6-13/h1-7,14H,8-12,18H2/b7-4+. The van der Waals surface area contributed by atoms with E-state index in [0.29, 0.717) is 0 Å². The van der Waals surface area contributed by atoms with E-state index in [-0.39, 0.29) is 0 Å². The zero-order valence-corrected chi connectivity index (χ0v) is 11.7. The summed E-state index contributed by atoms with van der Waals surface area (Å²) < 4.78 is 13.0. The highest BCUT2D eigenvalue weighted by Crippen LogP contribution is 2.12. The van der Waals surface area contributed by atoms with Gasteiger partial charge in [0.1, 0.15) is 0 Å². The molecule has 0 amide bonds. The summed E-state index contributed by atoms with van der Waals surface area (Å²) in [6, 6.07) is 9.39. The van der Waals surface area contributed by atoms with E-state index in [9.17, 15) is 4.39 Å². The second kappa shape index (κ2) is 6.98. The zero-order valence-electron chi connectivity index (χ0n) is 10.5. The number of hydrogen-bond donors (Lipinski definition) is 0. The minimum absolute atomic E-state index is 0.809. The van der Waals surface area contributed by atoms with E-state index in [2.05, 4.69) is 38.4 Å². The van der Waals surface area contributed by atoms with Crippen LogP contribution in [0.2, 0.25) is 0 Å². The first-order valence-electron chi connectivity index (χ1n) is 6.33. The van der Waals surface area contributed by atoms with Crippen molar-refractivity contribution in [2.45, 2.75) is 6.04 Å². The predicted molar refractivity (Wildman–Crippen MR) is 78.1 cm³/mol. The van der Waals surface area contributed by atoms with Crippen LogP contribution in [0.4, 0.5) is 4.39 Å². The van der Waals surface area contributed by atoms with Crippen molar-refractivity contribution in [3.8, 4) is 0 Å². The molecule has 98 valence electrons. The van der Waals surface area contributed by atoms with Crippen molar-refractivity contribution in [3.63, 3.8) is 0 Å². The van der Waals surface area contributed by atoms with Gasteiger partial charge in [-0.2, -0.15) is 0 Å². The van der Waals surface area contributed by atoms with Crippen LogP contribution in [-0.2, 0) is 0 Å². The number of halogens is 1. The van der Waals surface area contributed by atoms with Gasteiger partial charge in [0.25, 0.3) is 0 Å². The normalized spacial score (nSPS) is 20.3. The van der Waals surface area contributed by atoms with Crippen LogP contribution < -0.4 is 0 Å². The van der Waals surface area contributed by atoms with E-state index in [1.807, 2.05) is 23.1 Å². The largest absolute Gasteiger partial charge is 0.297 e. The summed E-state index contributed by atoms with van der Waals surface area (Å²) in [6.45, 7) is 4.44. The minimum Gasteiger partial charge on any atom is -0.297 e. The van der Waals surface area contributed by atoms with Crippen LogP contribution in [0.25, 0.3) is 6.08 Å². The van der Waals surface area contributed by atoms with Crippen LogP contribution in [-0.4, -0.2) is 48.6 Å². The Morgan fingerprint density at radius 1 is 1.17 bits per heavy atom. The van der Waals surface area contributed by atoms with Crippen molar-refractivity contribution in [2.75, 3.05) is 32.7 Å². The smallest absolute Gasteiger partial charge is 0.166 e. The molecule has 1 aromatic carbocycles. The van der Waals surface area contributed by atoms with E-state index < -0.39 is 6.04 Å². The van der Waals surface area contributed by atoms with E-state index >= 15 is 0 Å². The molecule has 0 aromatic heterocycles. The maximum absolute atomic E-state index is 13.0. The van der Waals surface area contributed by atoms with Crippen LogP contribution >= 0.6 is 9.24 Å². The highest BCUT2D eigenvalue weighted by atomic mass is 31.0. The molecule has 2 unspecified atom stereocenters. The molecule has 1 fully saturated rings. The third-order valence-electron chi connectivity index (χ3n) is 3.23. The number of nitrogens with zero attached hydrogens (tertiary/aromatic N) is 2. The number of piperazine rings is 1. The van der Waals surface area contributed by atoms with Gasteiger partial charge in [0.05, 0.1) is 0 Å². The third-order valence-corrected chi connectivity index (χ3v) is 3.65. The molecule has 1 aliphatic heterocycles. The number of benzene rings is 1. The lowest BCUT2D eigenvalue weighted by atomic mass is 10.2. The Hall–Kier alpha value is -0.760. The van der Waals surface area contributed by atoms with E-state index in [0.717, 1.165) is 32.7 Å². The van der Waals surface area contributed by atoms with E-state index in [1.54, 1.807) is 0 Å². The summed E-state index contributed by atoms with van der Waals surface area (Å²) in [5, 5.41) is 0. The molecular weight excluding hydrogens is 246 g/mol. The Kier molecular flexibility index (Phi) is 5.30. The number of rotatable bonds is 4. The highest BCUT2D eigenvalue weighted by molar-refractivity contribution is 7.17. The first-order valence-corrected chi connectivity index (χ1v) is 7.00. The molecule has 1 saturated heterocycles. The first-order chi connectivity index (χ1) is 8.75. The molecule has 0 spiro atoms. The summed E-state index contributed by atoms with van der Waals surface area (Å²) in [5.74, 6) is 0. The molecular formula is C14H20FN2P. The molecule has 18 heavy (non-hydrogen) atoms. The summed E-state index contributed by atoms with van der Waals surface area (Å²) >= 11 is 0. The monoisotopic (exact) mass is 266 g/mol.